The van der Waals surface area contributed by atoms with E-state index >= 15 is 13.2 Å². The number of carbonyl (C=O) groups excluding carboxylic acids is 1. The maximum absolute atomic E-state index is 15.9. The number of likely N-dealkylation sites (N-methyl/N-ethyl adjacent to an activating group) is 1. The number of nitrogens with zero attached hydrogens (tertiary/aromatic N) is 6. The molecule has 6 rings (SSSR count). The summed E-state index contributed by atoms with van der Waals surface area (Å²) in [5, 5.41) is 6.77. The van der Waals surface area contributed by atoms with Gasteiger partial charge in [-0.2, -0.15) is 22.0 Å². The number of fused-ring (bicyclic) bond motifs is 3. The average Bonchev–Trinajstić information content (AvgIpc) is 3.54. The number of amides is 1. The van der Waals surface area contributed by atoms with Crippen LogP contribution in [-0.2, 0) is 31.4 Å². The quantitative estimate of drug-likeness (QED) is 0.387. The first-order valence-electron chi connectivity index (χ1n) is 13.2. The number of aromatic nitrogens is 3. The van der Waals surface area contributed by atoms with Crippen molar-refractivity contribution in [1.29, 1.82) is 0 Å². The number of carbonyl (C=O) groups is 1. The molecule has 0 saturated carbocycles. The Labute approximate surface area is 232 Å². The smallest absolute Gasteiger partial charge is 0.368 e. The minimum atomic E-state index is -4.72. The summed E-state index contributed by atoms with van der Waals surface area (Å²) in [5.74, 6) is -5.70. The summed E-state index contributed by atoms with van der Waals surface area (Å²) in [4.78, 5) is 18.8. The molecular formula is C28H28F6N6O. The maximum Gasteiger partial charge on any atom is 0.416 e. The van der Waals surface area contributed by atoms with Gasteiger partial charge >= 0.3 is 12.1 Å². The van der Waals surface area contributed by atoms with Crippen molar-refractivity contribution in [2.45, 2.75) is 56.2 Å². The van der Waals surface area contributed by atoms with Crippen LogP contribution < -0.4 is 9.80 Å². The highest BCUT2D eigenvalue weighted by atomic mass is 19.4. The number of piperazine rings is 1. The van der Waals surface area contributed by atoms with E-state index in [9.17, 15) is 18.0 Å². The second kappa shape index (κ2) is 9.20. The zero-order chi connectivity index (χ0) is 29.5. The summed E-state index contributed by atoms with van der Waals surface area (Å²) in [6, 6.07) is 7.92. The highest BCUT2D eigenvalue weighted by molar-refractivity contribution is 6.11. The fourth-order valence-corrected chi connectivity index (χ4v) is 6.29. The summed E-state index contributed by atoms with van der Waals surface area (Å²) in [6.45, 7) is 1.37. The largest absolute Gasteiger partial charge is 0.416 e. The molecule has 2 unspecified atom stereocenters. The Kier molecular flexibility index (Phi) is 6.18. The predicted molar refractivity (Wildman–Crippen MR) is 139 cm³/mol. The summed E-state index contributed by atoms with van der Waals surface area (Å²) in [6.07, 6.45) is -1.78. The number of aryl methyl sites for hydroxylation is 1. The van der Waals surface area contributed by atoms with Gasteiger partial charge in [-0.15, -0.1) is 10.2 Å². The van der Waals surface area contributed by atoms with E-state index in [1.807, 2.05) is 11.9 Å². The van der Waals surface area contributed by atoms with Crippen molar-refractivity contribution in [2.75, 3.05) is 29.9 Å². The number of benzene rings is 2. The molecule has 3 aromatic rings. The normalized spacial score (nSPS) is 22.8. The third-order valence-corrected chi connectivity index (χ3v) is 8.83. The highest BCUT2D eigenvalue weighted by Crippen LogP contribution is 2.48. The summed E-state index contributed by atoms with van der Waals surface area (Å²) in [7, 11) is 3.28. The van der Waals surface area contributed by atoms with E-state index in [2.05, 4.69) is 15.1 Å². The molecule has 218 valence electrons. The van der Waals surface area contributed by atoms with Crippen LogP contribution in [0.1, 0.15) is 52.6 Å². The number of halogens is 6. The fourth-order valence-electron chi connectivity index (χ4n) is 6.29. The Hall–Kier alpha value is -3.61. The van der Waals surface area contributed by atoms with Gasteiger partial charge in [0.1, 0.15) is 6.33 Å². The van der Waals surface area contributed by atoms with Crippen LogP contribution in [0.15, 0.2) is 42.7 Å². The van der Waals surface area contributed by atoms with Crippen molar-refractivity contribution >= 4 is 17.3 Å². The van der Waals surface area contributed by atoms with Gasteiger partial charge in [-0.3, -0.25) is 9.69 Å². The minimum absolute atomic E-state index is 0.00802. The lowest BCUT2D eigenvalue weighted by molar-refractivity contribution is -0.149. The predicted octanol–water partition coefficient (Wildman–Crippen LogP) is 5.25. The van der Waals surface area contributed by atoms with Gasteiger partial charge in [0, 0.05) is 49.2 Å². The third kappa shape index (κ3) is 4.27. The van der Waals surface area contributed by atoms with Crippen molar-refractivity contribution in [3.05, 3.63) is 70.8 Å². The zero-order valence-corrected chi connectivity index (χ0v) is 22.6. The summed E-state index contributed by atoms with van der Waals surface area (Å²) in [5.41, 5.74) is -4.60. The van der Waals surface area contributed by atoms with Gasteiger partial charge in [-0.25, -0.2) is 4.39 Å². The topological polar surface area (TPSA) is 57.5 Å². The second-order valence-electron chi connectivity index (χ2n) is 11.3. The van der Waals surface area contributed by atoms with Crippen LogP contribution in [0.25, 0.3) is 0 Å². The molecule has 1 amide bonds. The SMILES string of the molecule is CN1C2CCC1CN(c1cc3c(c(C(F)(F)F)c1)CN(c1cccc([C@@](C)(F)C(F)(F)c4nncn4C)c1)C3=O)C2. The highest BCUT2D eigenvalue weighted by Gasteiger charge is 2.57. The lowest BCUT2D eigenvalue weighted by Gasteiger charge is -2.40. The molecule has 0 radical (unpaired) electrons. The van der Waals surface area contributed by atoms with Crippen LogP contribution in [0.4, 0.5) is 37.7 Å². The van der Waals surface area contributed by atoms with Gasteiger partial charge in [-0.1, -0.05) is 12.1 Å². The molecule has 3 aliphatic heterocycles. The molecule has 2 fully saturated rings. The molecule has 2 bridgehead atoms. The summed E-state index contributed by atoms with van der Waals surface area (Å²) < 4.78 is 90.2. The van der Waals surface area contributed by atoms with Crippen LogP contribution in [0.5, 0.6) is 0 Å². The van der Waals surface area contributed by atoms with Crippen LogP contribution in [0, 0.1) is 0 Å². The summed E-state index contributed by atoms with van der Waals surface area (Å²) >= 11 is 0. The number of hydrogen-bond acceptors (Lipinski definition) is 5. The Morgan fingerprint density at radius 1 is 0.927 bits per heavy atom. The van der Waals surface area contributed by atoms with Gasteiger partial charge in [0.25, 0.3) is 5.91 Å². The molecule has 1 aromatic heterocycles. The molecular weight excluding hydrogens is 550 g/mol. The van der Waals surface area contributed by atoms with E-state index in [4.69, 9.17) is 0 Å². The standard InChI is InChI=1S/C28H28F6N6O/c1-26(29,27(30,31)25-36-35-15-37(25)2)16-5-4-6-17(9-16)40-14-22-21(24(40)41)10-20(11-23(22)28(32,33)34)39-12-18-7-8-19(13-39)38(18)3/h4-6,9-11,15,18-19H,7-8,12-14H2,1-3H3/t18?,19?,26-/m1/s1. The molecule has 7 nitrogen and oxygen atoms in total. The van der Waals surface area contributed by atoms with E-state index in [-0.39, 0.29) is 28.9 Å². The Bertz CT molecular complexity index is 1500. The van der Waals surface area contributed by atoms with Crippen LogP contribution in [0.2, 0.25) is 0 Å². The van der Waals surface area contributed by atoms with E-state index in [1.165, 1.54) is 25.2 Å². The van der Waals surface area contributed by atoms with Gasteiger partial charge in [0.2, 0.25) is 11.5 Å². The van der Waals surface area contributed by atoms with E-state index < -0.39 is 47.2 Å². The monoisotopic (exact) mass is 578 g/mol. The number of alkyl halides is 6. The Morgan fingerprint density at radius 3 is 2.22 bits per heavy atom. The first-order chi connectivity index (χ1) is 19.2. The molecule has 2 aromatic carbocycles. The van der Waals surface area contributed by atoms with Gasteiger partial charge in [0.05, 0.1) is 12.1 Å². The molecule has 2 saturated heterocycles. The molecule has 4 heterocycles. The van der Waals surface area contributed by atoms with Crippen LogP contribution >= 0.6 is 0 Å². The van der Waals surface area contributed by atoms with E-state index in [0.717, 1.165) is 46.8 Å². The average molecular weight is 579 g/mol. The molecule has 0 aliphatic carbocycles. The van der Waals surface area contributed by atoms with Gasteiger partial charge < -0.3 is 14.4 Å². The maximum atomic E-state index is 15.9. The first-order valence-corrected chi connectivity index (χ1v) is 13.2. The van der Waals surface area contributed by atoms with Crippen molar-refractivity contribution in [3.8, 4) is 0 Å². The van der Waals surface area contributed by atoms with E-state index in [1.54, 1.807) is 0 Å². The molecule has 41 heavy (non-hydrogen) atoms. The molecule has 0 N–H and O–H groups in total. The van der Waals surface area contributed by atoms with Crippen LogP contribution in [0.3, 0.4) is 0 Å². The second-order valence-corrected chi connectivity index (χ2v) is 11.3. The van der Waals surface area contributed by atoms with Crippen molar-refractivity contribution in [1.82, 2.24) is 19.7 Å². The number of rotatable bonds is 5. The Morgan fingerprint density at radius 2 is 1.61 bits per heavy atom. The first kappa shape index (κ1) is 27.6. The lowest BCUT2D eigenvalue weighted by atomic mass is 9.90. The number of anilines is 2. The fraction of sp³-hybridized carbons (Fsp3) is 0.464. The minimum Gasteiger partial charge on any atom is -0.368 e. The van der Waals surface area contributed by atoms with Crippen molar-refractivity contribution < 1.29 is 31.1 Å². The molecule has 3 atom stereocenters. The van der Waals surface area contributed by atoms with Gasteiger partial charge in [-0.05, 0) is 62.2 Å². The molecule has 13 heteroatoms. The van der Waals surface area contributed by atoms with Crippen LogP contribution in [-0.4, -0.2) is 57.8 Å². The third-order valence-electron chi connectivity index (χ3n) is 8.83. The van der Waals surface area contributed by atoms with Gasteiger partial charge in [0.15, 0.2) is 0 Å². The van der Waals surface area contributed by atoms with Crippen molar-refractivity contribution in [3.63, 3.8) is 0 Å². The molecule has 3 aliphatic rings. The Balaban J connectivity index is 1.35. The molecule has 0 spiro atoms. The van der Waals surface area contributed by atoms with Crippen molar-refractivity contribution in [2.24, 2.45) is 7.05 Å². The number of hydrogen-bond donors (Lipinski definition) is 0. The lowest BCUT2D eigenvalue weighted by Crippen LogP contribution is -2.52. The zero-order valence-electron chi connectivity index (χ0n) is 22.6. The van der Waals surface area contributed by atoms with E-state index in [0.29, 0.717) is 25.7 Å².